The number of carbonyl (C=O) groups excluding carboxylic acids is 2. The maximum Gasteiger partial charge on any atom is 0.253 e. The van der Waals surface area contributed by atoms with Crippen molar-refractivity contribution in [1.82, 2.24) is 10.6 Å². The second-order valence-electron chi connectivity index (χ2n) is 6.95. The molecule has 0 aliphatic heterocycles. The van der Waals surface area contributed by atoms with Gasteiger partial charge in [0.1, 0.15) is 6.04 Å². The van der Waals surface area contributed by atoms with Gasteiger partial charge in [-0.15, -0.1) is 0 Å². The predicted molar refractivity (Wildman–Crippen MR) is 112 cm³/mol. The van der Waals surface area contributed by atoms with E-state index in [0.717, 1.165) is 0 Å². The highest BCUT2D eigenvalue weighted by atomic mass is 35.5. The minimum atomic E-state index is -0.828. The van der Waals surface area contributed by atoms with E-state index in [1.165, 1.54) is 12.1 Å². The molecular weight excluding hydrogens is 399 g/mol. The molecule has 0 unspecified atom stereocenters. The number of carbonyl (C=O) groups is 2. The second-order valence-corrected chi connectivity index (χ2v) is 7.80. The molecule has 2 aromatic carbocycles. The Bertz CT molecular complexity index is 813. The molecule has 0 spiro atoms. The van der Waals surface area contributed by atoms with Crippen LogP contribution in [0.2, 0.25) is 10.0 Å². The zero-order valence-electron chi connectivity index (χ0n) is 15.8. The van der Waals surface area contributed by atoms with Crippen LogP contribution in [0.15, 0.2) is 48.5 Å². The Morgan fingerprint density at radius 1 is 1.07 bits per heavy atom. The average Bonchev–Trinajstić information content (AvgIpc) is 2.65. The fourth-order valence-corrected chi connectivity index (χ4v) is 3.22. The zero-order valence-corrected chi connectivity index (χ0v) is 17.3. The Morgan fingerprint density at radius 3 is 2.36 bits per heavy atom. The van der Waals surface area contributed by atoms with E-state index in [1.807, 2.05) is 32.0 Å². The van der Waals surface area contributed by atoms with Crippen molar-refractivity contribution in [1.29, 1.82) is 0 Å². The monoisotopic (exact) mass is 422 g/mol. The van der Waals surface area contributed by atoms with Crippen molar-refractivity contribution in [3.63, 3.8) is 0 Å². The number of rotatable bonds is 8. The number of amides is 2. The number of halogens is 2. The molecule has 5 nitrogen and oxygen atoms in total. The van der Waals surface area contributed by atoms with Crippen LogP contribution in [0.5, 0.6) is 0 Å². The second kappa shape index (κ2) is 10.5. The molecule has 2 atom stereocenters. The van der Waals surface area contributed by atoms with Gasteiger partial charge in [0.15, 0.2) is 0 Å². The van der Waals surface area contributed by atoms with Crippen LogP contribution in [0.3, 0.4) is 0 Å². The first-order valence-corrected chi connectivity index (χ1v) is 9.80. The van der Waals surface area contributed by atoms with Crippen LogP contribution < -0.4 is 10.6 Å². The van der Waals surface area contributed by atoms with E-state index in [9.17, 15) is 14.7 Å². The minimum absolute atomic E-state index is 0.0506. The van der Waals surface area contributed by atoms with Crippen molar-refractivity contribution < 1.29 is 14.7 Å². The fraction of sp³-hybridized carbons (Fsp3) is 0.333. The summed E-state index contributed by atoms with van der Waals surface area (Å²) < 4.78 is 0. The molecule has 0 bridgehead atoms. The first-order valence-electron chi connectivity index (χ1n) is 9.04. The van der Waals surface area contributed by atoms with E-state index in [0.29, 0.717) is 17.0 Å². The van der Waals surface area contributed by atoms with Gasteiger partial charge in [0, 0.05) is 11.6 Å². The quantitative estimate of drug-likeness (QED) is 0.601. The van der Waals surface area contributed by atoms with Gasteiger partial charge in [-0.05, 0) is 36.1 Å². The van der Waals surface area contributed by atoms with E-state index >= 15 is 0 Å². The van der Waals surface area contributed by atoms with Crippen LogP contribution in [0, 0.1) is 5.92 Å². The van der Waals surface area contributed by atoms with Crippen molar-refractivity contribution in [2.45, 2.75) is 32.4 Å². The van der Waals surface area contributed by atoms with Gasteiger partial charge < -0.3 is 15.7 Å². The van der Waals surface area contributed by atoms with Gasteiger partial charge in [-0.2, -0.15) is 0 Å². The number of benzene rings is 2. The van der Waals surface area contributed by atoms with Gasteiger partial charge in [-0.25, -0.2) is 0 Å². The van der Waals surface area contributed by atoms with Gasteiger partial charge >= 0.3 is 0 Å². The maximum atomic E-state index is 12.6. The molecule has 2 amide bonds. The van der Waals surface area contributed by atoms with Crippen molar-refractivity contribution in [3.05, 3.63) is 69.7 Å². The lowest BCUT2D eigenvalue weighted by atomic mass is 10.0. The highest BCUT2D eigenvalue weighted by Crippen LogP contribution is 2.21. The molecular formula is C21H24Cl2N2O3. The highest BCUT2D eigenvalue weighted by molar-refractivity contribution is 6.36. The van der Waals surface area contributed by atoms with E-state index in [4.69, 9.17) is 23.2 Å². The average molecular weight is 423 g/mol. The van der Waals surface area contributed by atoms with E-state index in [-0.39, 0.29) is 29.0 Å². The molecule has 0 radical (unpaired) electrons. The number of aliphatic hydroxyl groups is 1. The Balaban J connectivity index is 2.03. The molecule has 0 saturated carbocycles. The molecule has 28 heavy (non-hydrogen) atoms. The molecule has 0 saturated heterocycles. The Hall–Kier alpha value is -2.08. The van der Waals surface area contributed by atoms with E-state index in [2.05, 4.69) is 10.6 Å². The number of aliphatic hydroxyl groups excluding tert-OH is 1. The van der Waals surface area contributed by atoms with Gasteiger partial charge in [0.25, 0.3) is 5.91 Å². The van der Waals surface area contributed by atoms with Crippen LogP contribution >= 0.6 is 23.2 Å². The van der Waals surface area contributed by atoms with Crippen molar-refractivity contribution in [2.75, 3.05) is 6.54 Å². The summed E-state index contributed by atoms with van der Waals surface area (Å²) in [6, 6.07) is 12.9. The maximum absolute atomic E-state index is 12.6. The summed E-state index contributed by atoms with van der Waals surface area (Å²) in [6.45, 7) is 3.97. The molecule has 2 aromatic rings. The number of hydrogen-bond acceptors (Lipinski definition) is 3. The summed E-state index contributed by atoms with van der Waals surface area (Å²) >= 11 is 11.9. The molecule has 0 aliphatic rings. The smallest absolute Gasteiger partial charge is 0.253 e. The zero-order chi connectivity index (χ0) is 20.7. The summed E-state index contributed by atoms with van der Waals surface area (Å²) in [5.41, 5.74) is 0.956. The van der Waals surface area contributed by atoms with Crippen LogP contribution in [0.4, 0.5) is 0 Å². The summed E-state index contributed by atoms with van der Waals surface area (Å²) in [7, 11) is 0. The third kappa shape index (κ3) is 6.51. The van der Waals surface area contributed by atoms with Gasteiger partial charge in [-0.1, -0.05) is 67.4 Å². The highest BCUT2D eigenvalue weighted by Gasteiger charge is 2.24. The molecule has 0 aromatic heterocycles. The number of hydrogen-bond donors (Lipinski definition) is 3. The Morgan fingerprint density at radius 2 is 1.75 bits per heavy atom. The number of nitrogens with one attached hydrogen (secondary N) is 2. The summed E-state index contributed by atoms with van der Waals surface area (Å²) in [5, 5.41) is 16.3. The fourth-order valence-electron chi connectivity index (χ4n) is 2.73. The molecule has 7 heteroatoms. The van der Waals surface area contributed by atoms with Crippen molar-refractivity contribution in [3.8, 4) is 0 Å². The normalized spacial score (nSPS) is 13.1. The molecule has 0 heterocycles. The SMILES string of the molecule is CC(C)C[C@H](NC(=O)c1ccc(Cl)cc1Cl)C(=O)NC[C@H](O)c1ccccc1. The predicted octanol–water partition coefficient (Wildman–Crippen LogP) is 3.99. The van der Waals surface area contributed by atoms with E-state index < -0.39 is 18.1 Å². The lowest BCUT2D eigenvalue weighted by molar-refractivity contribution is -0.123. The van der Waals surface area contributed by atoms with Gasteiger partial charge in [-0.3, -0.25) is 9.59 Å². The topological polar surface area (TPSA) is 78.4 Å². The summed E-state index contributed by atoms with van der Waals surface area (Å²) in [4.78, 5) is 25.2. The van der Waals surface area contributed by atoms with Crippen LogP contribution in [0.25, 0.3) is 0 Å². The molecule has 0 fully saturated rings. The van der Waals surface area contributed by atoms with Gasteiger partial charge in [0.05, 0.1) is 16.7 Å². The molecule has 2 rings (SSSR count). The molecule has 3 N–H and O–H groups in total. The Labute approximate surface area is 175 Å². The third-order valence-corrected chi connectivity index (χ3v) is 4.71. The standard InChI is InChI=1S/C21H24Cl2N2O3/c1-13(2)10-18(25-20(27)16-9-8-15(22)11-17(16)23)21(28)24-12-19(26)14-6-4-3-5-7-14/h3-9,11,13,18-19,26H,10,12H2,1-2H3,(H,24,28)(H,25,27)/t18-,19-/m0/s1. The van der Waals surface area contributed by atoms with Crippen molar-refractivity contribution >= 4 is 35.0 Å². The lowest BCUT2D eigenvalue weighted by Crippen LogP contribution is -2.48. The first-order chi connectivity index (χ1) is 13.3. The van der Waals surface area contributed by atoms with E-state index in [1.54, 1.807) is 18.2 Å². The summed E-state index contributed by atoms with van der Waals surface area (Å²) in [5.74, 6) is -0.635. The third-order valence-electron chi connectivity index (χ3n) is 4.16. The lowest BCUT2D eigenvalue weighted by Gasteiger charge is -2.21. The largest absolute Gasteiger partial charge is 0.387 e. The minimum Gasteiger partial charge on any atom is -0.387 e. The van der Waals surface area contributed by atoms with Crippen LogP contribution in [-0.2, 0) is 4.79 Å². The first kappa shape index (κ1) is 22.2. The Kier molecular flexibility index (Phi) is 8.30. The molecule has 150 valence electrons. The van der Waals surface area contributed by atoms with Gasteiger partial charge in [0.2, 0.25) is 5.91 Å². The van der Waals surface area contributed by atoms with Crippen molar-refractivity contribution in [2.24, 2.45) is 5.92 Å². The summed E-state index contributed by atoms with van der Waals surface area (Å²) in [6.07, 6.45) is -0.379. The van der Waals surface area contributed by atoms with Crippen LogP contribution in [0.1, 0.15) is 42.3 Å². The van der Waals surface area contributed by atoms with Crippen LogP contribution in [-0.4, -0.2) is 29.5 Å². The molecule has 0 aliphatic carbocycles.